The number of halogens is 1. The number of hydrogen-bond donors (Lipinski definition) is 2. The van der Waals surface area contributed by atoms with E-state index in [1.165, 1.54) is 41.8 Å². The fourth-order valence-corrected chi connectivity index (χ4v) is 5.53. The third kappa shape index (κ3) is 5.23. The van der Waals surface area contributed by atoms with Crippen LogP contribution < -0.4 is 4.90 Å². The molecule has 0 aliphatic rings. The van der Waals surface area contributed by atoms with Crippen LogP contribution in [0.4, 0.5) is 15.4 Å². The first-order valence-corrected chi connectivity index (χ1v) is 14.0. The Balaban J connectivity index is 1.82. The summed E-state index contributed by atoms with van der Waals surface area (Å²) in [5, 5.41) is 26.9. The Kier molecular flexibility index (Phi) is 7.38. The number of carbonyl (C=O) groups is 2. The van der Waals surface area contributed by atoms with Gasteiger partial charge in [-0.15, -0.1) is 21.5 Å². The van der Waals surface area contributed by atoms with Crippen LogP contribution in [-0.4, -0.2) is 56.2 Å². The molecule has 0 bridgehead atoms. The highest BCUT2D eigenvalue weighted by Crippen LogP contribution is 2.34. The van der Waals surface area contributed by atoms with Crippen LogP contribution in [0.15, 0.2) is 51.9 Å². The average molecular weight is 608 g/mol. The van der Waals surface area contributed by atoms with E-state index in [0.29, 0.717) is 15.8 Å². The fourth-order valence-electron chi connectivity index (χ4n) is 3.16. The van der Waals surface area contributed by atoms with Crippen molar-refractivity contribution in [3.8, 4) is 33.6 Å². The second-order valence-corrected chi connectivity index (χ2v) is 12.0. The first-order chi connectivity index (χ1) is 17.5. The summed E-state index contributed by atoms with van der Waals surface area (Å²) in [5.41, 5.74) is 0.359. The fraction of sp³-hybridized carbons (Fsp3) is 0.182. The van der Waals surface area contributed by atoms with Gasteiger partial charge in [0.2, 0.25) is 0 Å². The molecule has 0 fully saturated rings. The van der Waals surface area contributed by atoms with E-state index < -0.39 is 33.1 Å². The number of rotatable bonds is 7. The molecule has 4 rings (SSSR count). The maximum Gasteiger partial charge on any atom is 0.422 e. The smallest absolute Gasteiger partial charge is 0.422 e. The van der Waals surface area contributed by atoms with Crippen molar-refractivity contribution in [3.63, 3.8) is 0 Å². The molecule has 0 saturated carbocycles. The van der Waals surface area contributed by atoms with Gasteiger partial charge in [-0.05, 0) is 38.1 Å². The molecule has 3 aromatic heterocycles. The van der Waals surface area contributed by atoms with Gasteiger partial charge in [-0.25, -0.2) is 28.0 Å². The quantitative estimate of drug-likeness (QED) is 0.265. The lowest BCUT2D eigenvalue weighted by atomic mass is 10.1. The molecule has 0 unspecified atom stereocenters. The summed E-state index contributed by atoms with van der Waals surface area (Å²) in [6.07, 6.45) is -2.44. The van der Waals surface area contributed by atoms with Gasteiger partial charge in [0.05, 0.1) is 26.9 Å². The van der Waals surface area contributed by atoms with Crippen LogP contribution >= 0.6 is 27.3 Å². The maximum atomic E-state index is 12.4. The summed E-state index contributed by atoms with van der Waals surface area (Å²) in [6.45, 7) is 3.15. The minimum absolute atomic E-state index is 0.0115. The number of sulfone groups is 1. The van der Waals surface area contributed by atoms with Crippen LogP contribution in [0.25, 0.3) is 33.6 Å². The summed E-state index contributed by atoms with van der Waals surface area (Å²) in [4.78, 5) is 33.5. The largest absolute Gasteiger partial charge is 0.464 e. The minimum Gasteiger partial charge on any atom is -0.464 e. The topological polar surface area (TPSA) is 177 Å². The third-order valence-corrected chi connectivity index (χ3v) is 9.30. The Hall–Kier alpha value is -3.69. The number of imide groups is 1. The summed E-state index contributed by atoms with van der Waals surface area (Å²) in [7, 11) is -3.50. The molecule has 0 saturated heterocycles. The van der Waals surface area contributed by atoms with Crippen LogP contribution in [0, 0.1) is 0 Å². The Morgan fingerprint density at radius 1 is 1.05 bits per heavy atom. The van der Waals surface area contributed by atoms with Gasteiger partial charge >= 0.3 is 12.2 Å². The predicted octanol–water partition coefficient (Wildman–Crippen LogP) is 5.16. The van der Waals surface area contributed by atoms with E-state index in [2.05, 4.69) is 36.1 Å². The van der Waals surface area contributed by atoms with Gasteiger partial charge in [0, 0.05) is 15.8 Å². The van der Waals surface area contributed by atoms with Crippen molar-refractivity contribution in [3.05, 3.63) is 47.5 Å². The molecule has 0 aliphatic carbocycles. The summed E-state index contributed by atoms with van der Waals surface area (Å²) < 4.78 is 30.6. The summed E-state index contributed by atoms with van der Waals surface area (Å²) >= 11 is 4.76. The van der Waals surface area contributed by atoms with E-state index >= 15 is 0 Å². The molecule has 2 N–H and O–H groups in total. The first-order valence-electron chi connectivity index (χ1n) is 10.5. The SMILES string of the molecule is CC(C)S(=O)(=O)c1ccc(-c2cnc(N(C(=O)O)C(=O)O)c(-c3nnc(-c4ccc(CBr)s4)o3)n2)cc1. The van der Waals surface area contributed by atoms with Crippen LogP contribution in [0.2, 0.25) is 0 Å². The maximum absolute atomic E-state index is 12.4. The monoisotopic (exact) mass is 607 g/mol. The number of aromatic nitrogens is 4. The normalized spacial score (nSPS) is 11.6. The van der Waals surface area contributed by atoms with Crippen molar-refractivity contribution in [2.75, 3.05) is 4.90 Å². The molecular formula is C22H18BrN5O7S2. The third-order valence-electron chi connectivity index (χ3n) is 5.08. The van der Waals surface area contributed by atoms with Crippen molar-refractivity contribution < 1.29 is 32.6 Å². The molecule has 0 spiro atoms. The van der Waals surface area contributed by atoms with E-state index in [-0.39, 0.29) is 33.0 Å². The number of hydrogen-bond acceptors (Lipinski definition) is 10. The lowest BCUT2D eigenvalue weighted by Crippen LogP contribution is -2.35. The number of thiophene rings is 1. The molecule has 0 aliphatic heterocycles. The molecule has 12 nitrogen and oxygen atoms in total. The van der Waals surface area contributed by atoms with Gasteiger partial charge in [-0.1, -0.05) is 28.1 Å². The second-order valence-electron chi connectivity index (χ2n) is 7.76. The molecule has 3 heterocycles. The van der Waals surface area contributed by atoms with Crippen molar-refractivity contribution in [2.45, 2.75) is 29.3 Å². The summed E-state index contributed by atoms with van der Waals surface area (Å²) in [5.74, 6) is -0.671. The molecule has 1 aromatic carbocycles. The number of amides is 2. The van der Waals surface area contributed by atoms with E-state index in [0.717, 1.165) is 4.88 Å². The zero-order chi connectivity index (χ0) is 26.9. The summed E-state index contributed by atoms with van der Waals surface area (Å²) in [6, 6.07) is 9.51. The first kappa shape index (κ1) is 26.4. The van der Waals surface area contributed by atoms with Crippen molar-refractivity contribution in [2.24, 2.45) is 0 Å². The standard InChI is InChI=1S/C22H18BrN5O7S2/c1-11(2)37(33,34)14-6-3-12(4-7-14)15-10-24-18(28(21(29)30)22(31)32)17(25-15)20-27-26-19(35-20)16-8-5-13(9-23)36-16/h3-8,10-11H,9H2,1-2H3,(H,29,30)(H,31,32). The van der Waals surface area contributed by atoms with Crippen LogP contribution in [0.1, 0.15) is 18.7 Å². The van der Waals surface area contributed by atoms with Gasteiger partial charge in [-0.3, -0.25) is 0 Å². The molecular weight excluding hydrogens is 590 g/mol. The van der Waals surface area contributed by atoms with Crippen molar-refractivity contribution in [1.82, 2.24) is 20.2 Å². The number of nitrogens with zero attached hydrogens (tertiary/aromatic N) is 5. The van der Waals surface area contributed by atoms with Gasteiger partial charge in [-0.2, -0.15) is 4.90 Å². The van der Waals surface area contributed by atoms with Crippen LogP contribution in [-0.2, 0) is 15.2 Å². The minimum atomic E-state index is -3.50. The average Bonchev–Trinajstić information content (AvgIpc) is 3.53. The van der Waals surface area contributed by atoms with Gasteiger partial charge < -0.3 is 14.6 Å². The van der Waals surface area contributed by atoms with Gasteiger partial charge in [0.15, 0.2) is 21.3 Å². The number of carboxylic acid groups (broad SMARTS) is 2. The molecule has 37 heavy (non-hydrogen) atoms. The highest BCUT2D eigenvalue weighted by molar-refractivity contribution is 9.08. The molecule has 0 radical (unpaired) electrons. The van der Waals surface area contributed by atoms with E-state index in [9.17, 15) is 28.2 Å². The number of benzene rings is 1. The molecule has 2 amide bonds. The van der Waals surface area contributed by atoms with Crippen molar-refractivity contribution >= 4 is 55.1 Å². The lowest BCUT2D eigenvalue weighted by Gasteiger charge is -2.15. The number of alkyl halides is 1. The zero-order valence-electron chi connectivity index (χ0n) is 19.2. The predicted molar refractivity (Wildman–Crippen MR) is 138 cm³/mol. The van der Waals surface area contributed by atoms with Crippen LogP contribution in [0.5, 0.6) is 0 Å². The van der Waals surface area contributed by atoms with Crippen molar-refractivity contribution in [1.29, 1.82) is 0 Å². The second kappa shape index (κ2) is 10.4. The Labute approximate surface area is 222 Å². The van der Waals surface area contributed by atoms with E-state index in [4.69, 9.17) is 4.42 Å². The van der Waals surface area contributed by atoms with Crippen LogP contribution in [0.3, 0.4) is 0 Å². The highest BCUT2D eigenvalue weighted by Gasteiger charge is 2.31. The highest BCUT2D eigenvalue weighted by atomic mass is 79.9. The number of anilines is 1. The molecule has 4 aromatic rings. The van der Waals surface area contributed by atoms with Gasteiger partial charge in [0.25, 0.3) is 11.8 Å². The Morgan fingerprint density at radius 2 is 1.70 bits per heavy atom. The van der Waals surface area contributed by atoms with E-state index in [1.54, 1.807) is 19.9 Å². The lowest BCUT2D eigenvalue weighted by molar-refractivity contribution is 0.184. The molecule has 15 heteroatoms. The van der Waals surface area contributed by atoms with Gasteiger partial charge in [0.1, 0.15) is 0 Å². The molecule has 192 valence electrons. The zero-order valence-corrected chi connectivity index (χ0v) is 22.4. The Morgan fingerprint density at radius 3 is 2.27 bits per heavy atom. The Bertz CT molecular complexity index is 1570. The van der Waals surface area contributed by atoms with E-state index in [1.807, 2.05) is 6.07 Å². The molecule has 0 atom stereocenters.